The Balaban J connectivity index is 1.81. The molecular weight excluding hydrogens is 464 g/mol. The fourth-order valence-corrected chi connectivity index (χ4v) is 4.42. The van der Waals surface area contributed by atoms with Crippen molar-refractivity contribution in [1.29, 1.82) is 0 Å². The molecule has 3 aromatic rings. The van der Waals surface area contributed by atoms with Crippen molar-refractivity contribution in [3.05, 3.63) is 65.2 Å². The number of ether oxygens (including phenoxy) is 3. The van der Waals surface area contributed by atoms with Crippen LogP contribution in [0.3, 0.4) is 0 Å². The molecule has 1 aromatic heterocycles. The van der Waals surface area contributed by atoms with Crippen LogP contribution in [0.2, 0.25) is 0 Å². The maximum absolute atomic E-state index is 10.6. The predicted octanol–water partition coefficient (Wildman–Crippen LogP) is 2.22. The van der Waals surface area contributed by atoms with Crippen LogP contribution in [-0.2, 0) is 11.2 Å². The molecule has 4 rings (SSSR count). The lowest BCUT2D eigenvalue weighted by Crippen LogP contribution is -2.60. The molecule has 2 aromatic carbocycles. The van der Waals surface area contributed by atoms with Gasteiger partial charge in [-0.15, -0.1) is 5.10 Å². The number of rotatable bonds is 8. The van der Waals surface area contributed by atoms with Crippen molar-refractivity contribution >= 4 is 0 Å². The molecule has 0 amide bonds. The lowest BCUT2D eigenvalue weighted by atomic mass is 9.97. The maximum atomic E-state index is 10.6. The Morgan fingerprint density at radius 1 is 1.00 bits per heavy atom. The third-order valence-corrected chi connectivity index (χ3v) is 6.48. The first-order valence-corrected chi connectivity index (χ1v) is 12.0. The molecule has 5 atom stereocenters. The molecule has 9 nitrogen and oxygen atoms in total. The van der Waals surface area contributed by atoms with Crippen molar-refractivity contribution < 1.29 is 34.6 Å². The van der Waals surface area contributed by atoms with Crippen molar-refractivity contribution in [3.8, 4) is 22.9 Å². The maximum Gasteiger partial charge on any atom is 0.239 e. The number of hydrogen-bond acceptors (Lipinski definition) is 8. The summed E-state index contributed by atoms with van der Waals surface area (Å²) in [5.41, 5.74) is 4.70. The molecule has 1 aliphatic heterocycles. The molecule has 1 aliphatic rings. The average molecular weight is 499 g/mol. The minimum Gasteiger partial charge on any atom is -0.497 e. The van der Waals surface area contributed by atoms with Crippen molar-refractivity contribution in [2.24, 2.45) is 0 Å². The zero-order valence-electron chi connectivity index (χ0n) is 20.9. The van der Waals surface area contributed by atoms with Gasteiger partial charge in [0.05, 0.1) is 19.4 Å². The van der Waals surface area contributed by atoms with Gasteiger partial charge in [-0.25, -0.2) is 0 Å². The van der Waals surface area contributed by atoms with Crippen LogP contribution < -0.4 is 9.47 Å². The molecule has 0 radical (unpaired) electrons. The lowest BCUT2D eigenvalue weighted by Gasteiger charge is -2.39. The molecule has 194 valence electrons. The van der Waals surface area contributed by atoms with Crippen LogP contribution in [0, 0.1) is 6.92 Å². The van der Waals surface area contributed by atoms with Gasteiger partial charge in [0.15, 0.2) is 0 Å². The number of aromatic nitrogens is 2. The number of aryl methyl sites for hydroxylation is 1. The predicted molar refractivity (Wildman–Crippen MR) is 133 cm³/mol. The molecule has 1 saturated heterocycles. The first-order valence-electron chi connectivity index (χ1n) is 12.0. The van der Waals surface area contributed by atoms with E-state index in [4.69, 9.17) is 19.3 Å². The van der Waals surface area contributed by atoms with E-state index in [-0.39, 0.29) is 11.9 Å². The number of aliphatic hydroxyl groups is 4. The molecular formula is C27H34N2O7. The van der Waals surface area contributed by atoms with Crippen molar-refractivity contribution in [3.63, 3.8) is 0 Å². The van der Waals surface area contributed by atoms with Crippen molar-refractivity contribution in [1.82, 2.24) is 9.78 Å². The van der Waals surface area contributed by atoms with Gasteiger partial charge < -0.3 is 34.6 Å². The van der Waals surface area contributed by atoms with E-state index >= 15 is 0 Å². The molecule has 0 spiro atoms. The van der Waals surface area contributed by atoms with Gasteiger partial charge in [0, 0.05) is 23.6 Å². The highest BCUT2D eigenvalue weighted by atomic mass is 16.7. The summed E-state index contributed by atoms with van der Waals surface area (Å²) in [7, 11) is 1.62. The summed E-state index contributed by atoms with van der Waals surface area (Å²) >= 11 is 0. The Kier molecular flexibility index (Phi) is 7.97. The van der Waals surface area contributed by atoms with E-state index < -0.39 is 37.3 Å². The number of aliphatic hydroxyl groups excluding tert-OH is 4. The minimum atomic E-state index is -1.55. The van der Waals surface area contributed by atoms with Gasteiger partial charge in [0.1, 0.15) is 30.2 Å². The quantitative estimate of drug-likeness (QED) is 0.373. The largest absolute Gasteiger partial charge is 0.497 e. The standard InChI is InChI=1S/C27H34N2O7/c1-15(2)29-22(19-8-6-5-7-16(19)3)20(13-17-9-11-18(34-4)12-10-17)26(28-29)36-27-25(33)24(32)23(31)21(14-30)35-27/h5-12,15,21,23-25,27,30-33H,13-14H2,1-4H3/t21-,23-,24+,25-,27+/m1/s1. The fourth-order valence-electron chi connectivity index (χ4n) is 4.42. The molecule has 1 fully saturated rings. The van der Waals surface area contributed by atoms with E-state index in [1.165, 1.54) is 0 Å². The van der Waals surface area contributed by atoms with E-state index in [1.807, 2.05) is 74.0 Å². The Morgan fingerprint density at radius 2 is 1.69 bits per heavy atom. The second-order valence-corrected chi connectivity index (χ2v) is 9.33. The van der Waals surface area contributed by atoms with Crippen LogP contribution in [-0.4, -0.2) is 74.6 Å². The van der Waals surface area contributed by atoms with Gasteiger partial charge in [-0.2, -0.15) is 0 Å². The topological polar surface area (TPSA) is 126 Å². The summed E-state index contributed by atoms with van der Waals surface area (Å²) in [6, 6.07) is 15.7. The summed E-state index contributed by atoms with van der Waals surface area (Å²) in [4.78, 5) is 0. The normalized spacial score (nSPS) is 24.2. The molecule has 0 bridgehead atoms. The van der Waals surface area contributed by atoms with Crippen LogP contribution >= 0.6 is 0 Å². The van der Waals surface area contributed by atoms with Crippen LogP contribution in [0.1, 0.15) is 36.6 Å². The van der Waals surface area contributed by atoms with Crippen LogP contribution in [0.4, 0.5) is 0 Å². The van der Waals surface area contributed by atoms with E-state index in [0.29, 0.717) is 6.42 Å². The van der Waals surface area contributed by atoms with Crippen LogP contribution in [0.5, 0.6) is 11.6 Å². The van der Waals surface area contributed by atoms with E-state index in [2.05, 4.69) is 0 Å². The Labute approximate surface area is 210 Å². The Hall–Kier alpha value is -2.95. The third-order valence-electron chi connectivity index (χ3n) is 6.48. The Bertz CT molecular complexity index is 1160. The van der Waals surface area contributed by atoms with Gasteiger partial charge in [-0.05, 0) is 44.0 Å². The third kappa shape index (κ3) is 5.11. The molecule has 4 N–H and O–H groups in total. The van der Waals surface area contributed by atoms with Gasteiger partial charge >= 0.3 is 0 Å². The molecule has 0 aliphatic carbocycles. The smallest absolute Gasteiger partial charge is 0.239 e. The minimum absolute atomic E-state index is 0.0126. The van der Waals surface area contributed by atoms with Crippen LogP contribution in [0.15, 0.2) is 48.5 Å². The SMILES string of the molecule is COc1ccc(Cc2c(O[C@@H]3O[C@H](CO)[C@@H](O)[C@H](O)[C@H]3O)nn(C(C)C)c2-c2ccccc2C)cc1. The average Bonchev–Trinajstić information content (AvgIpc) is 3.22. The monoisotopic (exact) mass is 498 g/mol. The van der Waals surface area contributed by atoms with Gasteiger partial charge in [-0.1, -0.05) is 36.4 Å². The van der Waals surface area contributed by atoms with E-state index in [9.17, 15) is 20.4 Å². The molecule has 0 saturated carbocycles. The van der Waals surface area contributed by atoms with Crippen LogP contribution in [0.25, 0.3) is 11.3 Å². The van der Waals surface area contributed by atoms with Crippen molar-refractivity contribution in [2.45, 2.75) is 63.9 Å². The summed E-state index contributed by atoms with van der Waals surface area (Å²) in [6.45, 7) is 5.52. The second-order valence-electron chi connectivity index (χ2n) is 9.33. The number of methoxy groups -OCH3 is 1. The summed E-state index contributed by atoms with van der Waals surface area (Å²) in [5, 5.41) is 45.3. The second kappa shape index (κ2) is 11.0. The molecule has 36 heavy (non-hydrogen) atoms. The highest BCUT2D eigenvalue weighted by Gasteiger charge is 2.45. The lowest BCUT2D eigenvalue weighted by molar-refractivity contribution is -0.278. The summed E-state index contributed by atoms with van der Waals surface area (Å²) < 4.78 is 18.9. The molecule has 0 unspecified atom stereocenters. The first kappa shape index (κ1) is 26.1. The zero-order chi connectivity index (χ0) is 26.0. The van der Waals surface area contributed by atoms with Crippen molar-refractivity contribution in [2.75, 3.05) is 13.7 Å². The highest BCUT2D eigenvalue weighted by Crippen LogP contribution is 2.38. The summed E-state index contributed by atoms with van der Waals surface area (Å²) in [5.74, 6) is 0.982. The molecule has 2 heterocycles. The molecule has 9 heteroatoms. The number of benzene rings is 2. The number of nitrogens with zero attached hydrogens (tertiary/aromatic N) is 2. The van der Waals surface area contributed by atoms with Gasteiger partial charge in [0.2, 0.25) is 12.2 Å². The number of hydrogen-bond donors (Lipinski definition) is 4. The van der Waals surface area contributed by atoms with Gasteiger partial charge in [-0.3, -0.25) is 4.68 Å². The zero-order valence-corrected chi connectivity index (χ0v) is 20.9. The highest BCUT2D eigenvalue weighted by molar-refractivity contribution is 5.70. The summed E-state index contributed by atoms with van der Waals surface area (Å²) in [6.07, 6.45) is -6.51. The van der Waals surface area contributed by atoms with Gasteiger partial charge in [0.25, 0.3) is 0 Å². The fraction of sp³-hybridized carbons (Fsp3) is 0.444. The van der Waals surface area contributed by atoms with E-state index in [1.54, 1.807) is 7.11 Å². The van der Waals surface area contributed by atoms with E-state index in [0.717, 1.165) is 33.7 Å². The Morgan fingerprint density at radius 3 is 2.31 bits per heavy atom. The first-order chi connectivity index (χ1) is 17.2.